The van der Waals surface area contributed by atoms with Gasteiger partial charge in [0.2, 0.25) is 0 Å². The molecule has 2 unspecified atom stereocenters. The van der Waals surface area contributed by atoms with Gasteiger partial charge in [-0.05, 0) is 38.8 Å². The molecular formula is C21H44ClNO. The van der Waals surface area contributed by atoms with Crippen LogP contribution in [0.2, 0.25) is 0 Å². The van der Waals surface area contributed by atoms with Crippen LogP contribution in [0.1, 0.15) is 104 Å². The Morgan fingerprint density at radius 1 is 0.792 bits per heavy atom. The Bertz CT molecular complexity index is 252. The number of nitrogens with zero attached hydrogens (tertiary/aromatic N) is 1. The molecule has 1 heterocycles. The molecule has 0 aliphatic carbocycles. The van der Waals surface area contributed by atoms with Crippen molar-refractivity contribution in [2.75, 3.05) is 19.7 Å². The third-order valence-electron chi connectivity index (χ3n) is 5.12. The Morgan fingerprint density at radius 2 is 1.29 bits per heavy atom. The van der Waals surface area contributed by atoms with Crippen LogP contribution in [0.4, 0.5) is 0 Å². The Hall–Kier alpha value is 0.210. The lowest BCUT2D eigenvalue weighted by Crippen LogP contribution is -2.37. The van der Waals surface area contributed by atoms with Crippen molar-refractivity contribution in [3.8, 4) is 0 Å². The lowest BCUT2D eigenvalue weighted by Gasteiger charge is -2.31. The molecule has 0 bridgehead atoms. The highest BCUT2D eigenvalue weighted by Gasteiger charge is 2.29. The van der Waals surface area contributed by atoms with E-state index in [1.165, 1.54) is 96.6 Å². The number of halogens is 1. The van der Waals surface area contributed by atoms with Gasteiger partial charge in [0.15, 0.2) is 0 Å². The van der Waals surface area contributed by atoms with E-state index in [9.17, 15) is 0 Å². The smallest absolute Gasteiger partial charge is 0.0824 e. The highest BCUT2D eigenvalue weighted by atomic mass is 35.5. The van der Waals surface area contributed by atoms with Crippen molar-refractivity contribution in [2.45, 2.75) is 116 Å². The molecule has 1 rings (SSSR count). The highest BCUT2D eigenvalue weighted by Crippen LogP contribution is 2.23. The van der Waals surface area contributed by atoms with Crippen LogP contribution in [0.5, 0.6) is 0 Å². The minimum absolute atomic E-state index is 0. The average Bonchev–Trinajstić information content (AvgIpc) is 3.36. The number of rotatable bonds is 17. The van der Waals surface area contributed by atoms with Gasteiger partial charge in [-0.25, -0.2) is 0 Å². The summed E-state index contributed by atoms with van der Waals surface area (Å²) in [6, 6.07) is 0.770. The lowest BCUT2D eigenvalue weighted by atomic mass is 10.00. The molecular weight excluding hydrogens is 318 g/mol. The predicted octanol–water partition coefficient (Wildman–Crippen LogP) is 6.61. The fraction of sp³-hybridized carbons (Fsp3) is 1.00. The molecule has 24 heavy (non-hydrogen) atoms. The van der Waals surface area contributed by atoms with Crippen molar-refractivity contribution in [1.29, 1.82) is 0 Å². The van der Waals surface area contributed by atoms with E-state index in [0.717, 1.165) is 12.6 Å². The van der Waals surface area contributed by atoms with E-state index < -0.39 is 0 Å². The van der Waals surface area contributed by atoms with Crippen LogP contribution in [0, 0.1) is 0 Å². The van der Waals surface area contributed by atoms with E-state index in [-0.39, 0.29) is 12.4 Å². The summed E-state index contributed by atoms with van der Waals surface area (Å²) in [5.74, 6) is 0. The second-order valence-corrected chi connectivity index (χ2v) is 7.50. The van der Waals surface area contributed by atoms with Gasteiger partial charge in [-0.2, -0.15) is 0 Å². The fourth-order valence-corrected chi connectivity index (χ4v) is 3.70. The zero-order chi connectivity index (χ0) is 16.8. The van der Waals surface area contributed by atoms with E-state index in [1.54, 1.807) is 0 Å². The maximum atomic E-state index is 5.51. The molecule has 0 radical (unpaired) electrons. The number of epoxide rings is 1. The van der Waals surface area contributed by atoms with E-state index in [2.05, 4.69) is 25.7 Å². The predicted molar refractivity (Wildman–Crippen MR) is 109 cm³/mol. The normalized spacial score (nSPS) is 17.8. The number of ether oxygens (including phenoxy) is 1. The molecule has 2 atom stereocenters. The Labute approximate surface area is 158 Å². The van der Waals surface area contributed by atoms with Gasteiger partial charge in [-0.1, -0.05) is 78.6 Å². The van der Waals surface area contributed by atoms with Crippen molar-refractivity contribution < 1.29 is 4.74 Å². The first-order valence-electron chi connectivity index (χ1n) is 10.7. The summed E-state index contributed by atoms with van der Waals surface area (Å²) in [6.07, 6.45) is 18.7. The minimum Gasteiger partial charge on any atom is -0.373 e. The molecule has 1 aliphatic heterocycles. The van der Waals surface area contributed by atoms with E-state index in [4.69, 9.17) is 4.74 Å². The SMILES string of the molecule is CCCCCCCCCCCC(CC1CO1)N(CCC)CCC.Cl. The molecule has 0 N–H and O–H groups in total. The monoisotopic (exact) mass is 361 g/mol. The Morgan fingerprint density at radius 3 is 1.75 bits per heavy atom. The van der Waals surface area contributed by atoms with Gasteiger partial charge in [0.05, 0.1) is 12.7 Å². The van der Waals surface area contributed by atoms with Crippen molar-refractivity contribution >= 4 is 12.4 Å². The van der Waals surface area contributed by atoms with Gasteiger partial charge < -0.3 is 9.64 Å². The van der Waals surface area contributed by atoms with Crippen molar-refractivity contribution in [3.05, 3.63) is 0 Å². The third kappa shape index (κ3) is 12.6. The topological polar surface area (TPSA) is 15.8 Å². The minimum atomic E-state index is 0. The van der Waals surface area contributed by atoms with Crippen LogP contribution < -0.4 is 0 Å². The van der Waals surface area contributed by atoms with Gasteiger partial charge in [-0.3, -0.25) is 0 Å². The van der Waals surface area contributed by atoms with Crippen LogP contribution in [-0.2, 0) is 4.74 Å². The van der Waals surface area contributed by atoms with E-state index in [0.29, 0.717) is 6.10 Å². The zero-order valence-corrected chi connectivity index (χ0v) is 17.5. The van der Waals surface area contributed by atoms with Gasteiger partial charge in [-0.15, -0.1) is 12.4 Å². The third-order valence-corrected chi connectivity index (χ3v) is 5.12. The Balaban J connectivity index is 0.00000529. The van der Waals surface area contributed by atoms with Crippen molar-refractivity contribution in [2.24, 2.45) is 0 Å². The maximum Gasteiger partial charge on any atom is 0.0824 e. The van der Waals surface area contributed by atoms with Crippen molar-refractivity contribution in [3.63, 3.8) is 0 Å². The molecule has 0 aromatic heterocycles. The van der Waals surface area contributed by atoms with Crippen LogP contribution in [0.15, 0.2) is 0 Å². The van der Waals surface area contributed by atoms with Gasteiger partial charge in [0, 0.05) is 6.04 Å². The fourth-order valence-electron chi connectivity index (χ4n) is 3.70. The van der Waals surface area contributed by atoms with Gasteiger partial charge in [0.1, 0.15) is 0 Å². The summed E-state index contributed by atoms with van der Waals surface area (Å²) in [5.41, 5.74) is 0. The standard InChI is InChI=1S/C21H43NO.ClH/c1-4-7-8-9-10-11-12-13-14-15-20(18-21-19-23-21)22(16-5-2)17-6-3;/h20-21H,4-19H2,1-3H3;1H. The molecule has 0 amide bonds. The summed E-state index contributed by atoms with van der Waals surface area (Å²) in [4.78, 5) is 2.74. The lowest BCUT2D eigenvalue weighted by molar-refractivity contribution is 0.163. The quantitative estimate of drug-likeness (QED) is 0.214. The molecule has 1 fully saturated rings. The van der Waals surface area contributed by atoms with Crippen LogP contribution >= 0.6 is 12.4 Å². The summed E-state index contributed by atoms with van der Waals surface area (Å²) in [5, 5.41) is 0. The number of hydrogen-bond acceptors (Lipinski definition) is 2. The first-order chi connectivity index (χ1) is 11.3. The molecule has 146 valence electrons. The molecule has 0 spiro atoms. The molecule has 0 saturated carbocycles. The second kappa shape index (κ2) is 16.7. The number of hydrogen-bond donors (Lipinski definition) is 0. The zero-order valence-electron chi connectivity index (χ0n) is 16.7. The van der Waals surface area contributed by atoms with Gasteiger partial charge >= 0.3 is 0 Å². The van der Waals surface area contributed by atoms with Crippen LogP contribution in [0.25, 0.3) is 0 Å². The average molecular weight is 362 g/mol. The summed E-state index contributed by atoms with van der Waals surface area (Å²) < 4.78 is 5.51. The summed E-state index contributed by atoms with van der Waals surface area (Å²) in [6.45, 7) is 10.5. The van der Waals surface area contributed by atoms with E-state index >= 15 is 0 Å². The largest absolute Gasteiger partial charge is 0.373 e. The van der Waals surface area contributed by atoms with E-state index in [1.807, 2.05) is 0 Å². The highest BCUT2D eigenvalue weighted by molar-refractivity contribution is 5.85. The first-order valence-corrected chi connectivity index (χ1v) is 10.7. The van der Waals surface area contributed by atoms with Crippen LogP contribution in [-0.4, -0.2) is 36.7 Å². The molecule has 1 aliphatic rings. The second-order valence-electron chi connectivity index (χ2n) is 7.50. The molecule has 2 nitrogen and oxygen atoms in total. The van der Waals surface area contributed by atoms with Gasteiger partial charge in [0.25, 0.3) is 0 Å². The van der Waals surface area contributed by atoms with Crippen molar-refractivity contribution in [1.82, 2.24) is 4.90 Å². The number of unbranched alkanes of at least 4 members (excludes halogenated alkanes) is 8. The first kappa shape index (κ1) is 24.2. The molecule has 3 heteroatoms. The summed E-state index contributed by atoms with van der Waals surface area (Å²) >= 11 is 0. The Kier molecular flexibility index (Phi) is 16.8. The molecule has 0 aromatic rings. The maximum absolute atomic E-state index is 5.51. The molecule has 0 aromatic carbocycles. The summed E-state index contributed by atoms with van der Waals surface area (Å²) in [7, 11) is 0. The molecule has 1 saturated heterocycles. The van der Waals surface area contributed by atoms with Crippen LogP contribution in [0.3, 0.4) is 0 Å².